The van der Waals surface area contributed by atoms with Crippen LogP contribution < -0.4 is 5.32 Å². The number of nitrogens with zero attached hydrogens (tertiary/aromatic N) is 4. The van der Waals surface area contributed by atoms with Gasteiger partial charge in [0.1, 0.15) is 6.04 Å². The van der Waals surface area contributed by atoms with Crippen LogP contribution in [0.25, 0.3) is 11.4 Å². The molecule has 3 unspecified atom stereocenters. The molecule has 0 spiro atoms. The van der Waals surface area contributed by atoms with Crippen molar-refractivity contribution in [2.75, 3.05) is 6.54 Å². The van der Waals surface area contributed by atoms with Crippen LogP contribution in [0.2, 0.25) is 0 Å². The smallest absolute Gasteiger partial charge is 0.246 e. The van der Waals surface area contributed by atoms with Gasteiger partial charge in [0, 0.05) is 17.5 Å². The molecular weight excluding hydrogens is 366 g/mol. The molecule has 152 valence electrons. The standard InChI is InChI=1S/C22H27N5O2/c1-16(27-25-20(24-26-27)19-12-8-5-9-13-19)21(29)23-15-22(3,17(2)28)14-18-10-6-4-7-11-18/h4-13,16-17,28H,14-15H2,1-3H3,(H,23,29). The van der Waals surface area contributed by atoms with Crippen molar-refractivity contribution in [3.05, 3.63) is 66.2 Å². The summed E-state index contributed by atoms with van der Waals surface area (Å²) < 4.78 is 0. The van der Waals surface area contributed by atoms with Crippen LogP contribution in [-0.2, 0) is 11.2 Å². The Hall–Kier alpha value is -3.06. The topological polar surface area (TPSA) is 92.9 Å². The Morgan fingerprint density at radius 2 is 1.72 bits per heavy atom. The van der Waals surface area contributed by atoms with E-state index in [1.54, 1.807) is 13.8 Å². The van der Waals surface area contributed by atoms with Crippen LogP contribution in [0.15, 0.2) is 60.7 Å². The van der Waals surface area contributed by atoms with Crippen LogP contribution >= 0.6 is 0 Å². The van der Waals surface area contributed by atoms with E-state index in [9.17, 15) is 9.90 Å². The number of tetrazole rings is 1. The number of aliphatic hydroxyl groups excluding tert-OH is 1. The Balaban J connectivity index is 1.65. The number of hydrogen-bond acceptors (Lipinski definition) is 5. The second-order valence-electron chi connectivity index (χ2n) is 7.69. The van der Waals surface area contributed by atoms with Gasteiger partial charge in [0.05, 0.1) is 6.10 Å². The van der Waals surface area contributed by atoms with E-state index < -0.39 is 17.6 Å². The highest BCUT2D eigenvalue weighted by molar-refractivity contribution is 5.79. The third-order valence-corrected chi connectivity index (χ3v) is 5.31. The summed E-state index contributed by atoms with van der Waals surface area (Å²) in [4.78, 5) is 14.0. The summed E-state index contributed by atoms with van der Waals surface area (Å²) in [7, 11) is 0. The van der Waals surface area contributed by atoms with Gasteiger partial charge < -0.3 is 10.4 Å². The van der Waals surface area contributed by atoms with Gasteiger partial charge in [-0.3, -0.25) is 4.79 Å². The Morgan fingerprint density at radius 3 is 2.34 bits per heavy atom. The molecule has 2 aromatic carbocycles. The molecule has 2 N–H and O–H groups in total. The zero-order valence-electron chi connectivity index (χ0n) is 17.0. The number of nitrogens with one attached hydrogen (secondary N) is 1. The zero-order valence-corrected chi connectivity index (χ0v) is 17.0. The first kappa shape index (κ1) is 20.7. The second kappa shape index (κ2) is 8.96. The van der Waals surface area contributed by atoms with E-state index >= 15 is 0 Å². The molecule has 1 aromatic heterocycles. The van der Waals surface area contributed by atoms with Crippen LogP contribution in [-0.4, -0.2) is 43.9 Å². The van der Waals surface area contributed by atoms with E-state index in [1.165, 1.54) is 4.80 Å². The highest BCUT2D eigenvalue weighted by Crippen LogP contribution is 2.26. The molecule has 1 heterocycles. The molecule has 7 heteroatoms. The van der Waals surface area contributed by atoms with Gasteiger partial charge in [0.15, 0.2) is 0 Å². The number of carbonyl (C=O) groups excluding carboxylic acids is 1. The van der Waals surface area contributed by atoms with E-state index in [0.717, 1.165) is 11.1 Å². The van der Waals surface area contributed by atoms with E-state index in [0.29, 0.717) is 18.8 Å². The maximum Gasteiger partial charge on any atom is 0.246 e. The number of carbonyl (C=O) groups is 1. The Labute approximate surface area is 170 Å². The van der Waals surface area contributed by atoms with Crippen molar-refractivity contribution in [1.82, 2.24) is 25.5 Å². The van der Waals surface area contributed by atoms with E-state index in [4.69, 9.17) is 0 Å². The molecule has 3 rings (SSSR count). The van der Waals surface area contributed by atoms with Crippen LogP contribution in [0, 0.1) is 5.41 Å². The normalized spacial score (nSPS) is 15.3. The molecule has 0 aliphatic carbocycles. The third kappa shape index (κ3) is 5.06. The van der Waals surface area contributed by atoms with Crippen molar-refractivity contribution in [2.45, 2.75) is 39.3 Å². The zero-order chi connectivity index (χ0) is 20.9. The number of amides is 1. The highest BCUT2D eigenvalue weighted by Gasteiger charge is 2.32. The lowest BCUT2D eigenvalue weighted by Gasteiger charge is -2.33. The first-order chi connectivity index (χ1) is 13.9. The number of rotatable bonds is 8. The molecule has 3 aromatic rings. The van der Waals surface area contributed by atoms with Crippen molar-refractivity contribution in [1.29, 1.82) is 0 Å². The molecule has 0 bridgehead atoms. The lowest BCUT2D eigenvalue weighted by molar-refractivity contribution is -0.125. The largest absolute Gasteiger partial charge is 0.393 e. The molecule has 7 nitrogen and oxygen atoms in total. The third-order valence-electron chi connectivity index (χ3n) is 5.31. The minimum absolute atomic E-state index is 0.220. The quantitative estimate of drug-likeness (QED) is 0.614. The predicted molar refractivity (Wildman–Crippen MR) is 111 cm³/mol. The summed E-state index contributed by atoms with van der Waals surface area (Å²) in [6, 6.07) is 18.8. The first-order valence-electron chi connectivity index (χ1n) is 9.74. The number of benzene rings is 2. The lowest BCUT2D eigenvalue weighted by atomic mass is 9.79. The van der Waals surface area contributed by atoms with Crippen LogP contribution in [0.3, 0.4) is 0 Å². The predicted octanol–water partition coefficient (Wildman–Crippen LogP) is 2.65. The molecule has 0 radical (unpaired) electrons. The van der Waals surface area contributed by atoms with Gasteiger partial charge in [-0.25, -0.2) is 0 Å². The van der Waals surface area contributed by atoms with Gasteiger partial charge in [-0.2, -0.15) is 4.80 Å². The van der Waals surface area contributed by atoms with Gasteiger partial charge in [0.2, 0.25) is 11.7 Å². The van der Waals surface area contributed by atoms with Gasteiger partial charge in [-0.05, 0) is 31.0 Å². The fourth-order valence-electron chi connectivity index (χ4n) is 3.05. The molecule has 0 fully saturated rings. The van der Waals surface area contributed by atoms with E-state index in [-0.39, 0.29) is 5.91 Å². The Kier molecular flexibility index (Phi) is 6.39. The highest BCUT2D eigenvalue weighted by atomic mass is 16.3. The fourth-order valence-corrected chi connectivity index (χ4v) is 3.05. The molecule has 3 atom stereocenters. The Morgan fingerprint density at radius 1 is 1.10 bits per heavy atom. The van der Waals surface area contributed by atoms with Crippen LogP contribution in [0.1, 0.15) is 32.4 Å². The first-order valence-corrected chi connectivity index (χ1v) is 9.74. The molecule has 0 aliphatic rings. The lowest BCUT2D eigenvalue weighted by Crippen LogP contribution is -2.45. The van der Waals surface area contributed by atoms with E-state index in [1.807, 2.05) is 67.6 Å². The van der Waals surface area contributed by atoms with Gasteiger partial charge in [0.25, 0.3) is 0 Å². The van der Waals surface area contributed by atoms with Crippen LogP contribution in [0.4, 0.5) is 0 Å². The van der Waals surface area contributed by atoms with Crippen molar-refractivity contribution < 1.29 is 9.90 Å². The fraction of sp³-hybridized carbons (Fsp3) is 0.364. The summed E-state index contributed by atoms with van der Waals surface area (Å²) in [6.07, 6.45) is 0.0624. The number of aliphatic hydroxyl groups is 1. The average Bonchev–Trinajstić information content (AvgIpc) is 3.23. The van der Waals surface area contributed by atoms with Gasteiger partial charge in [-0.1, -0.05) is 67.6 Å². The van der Waals surface area contributed by atoms with E-state index in [2.05, 4.69) is 20.7 Å². The second-order valence-corrected chi connectivity index (χ2v) is 7.69. The van der Waals surface area contributed by atoms with Gasteiger partial charge >= 0.3 is 0 Å². The molecular formula is C22H27N5O2. The maximum atomic E-state index is 12.7. The molecule has 0 saturated heterocycles. The summed E-state index contributed by atoms with van der Waals surface area (Å²) in [6.45, 7) is 5.78. The SMILES string of the molecule is CC(C(=O)NCC(C)(Cc1ccccc1)C(C)O)n1nnc(-c2ccccc2)n1. The van der Waals surface area contributed by atoms with Crippen molar-refractivity contribution >= 4 is 5.91 Å². The van der Waals surface area contributed by atoms with Crippen molar-refractivity contribution in [2.24, 2.45) is 5.41 Å². The molecule has 0 saturated carbocycles. The summed E-state index contributed by atoms with van der Waals surface area (Å²) >= 11 is 0. The minimum atomic E-state index is -0.616. The number of aromatic nitrogens is 4. The number of hydrogen-bond donors (Lipinski definition) is 2. The average molecular weight is 393 g/mol. The maximum absolute atomic E-state index is 12.7. The molecule has 29 heavy (non-hydrogen) atoms. The summed E-state index contributed by atoms with van der Waals surface area (Å²) in [5.41, 5.74) is 1.46. The van der Waals surface area contributed by atoms with Gasteiger partial charge in [-0.15, -0.1) is 10.2 Å². The van der Waals surface area contributed by atoms with Crippen molar-refractivity contribution in [3.8, 4) is 11.4 Å². The van der Waals surface area contributed by atoms with Crippen LogP contribution in [0.5, 0.6) is 0 Å². The molecule has 0 aliphatic heterocycles. The summed E-state index contributed by atoms with van der Waals surface area (Å²) in [5.74, 6) is 0.255. The van der Waals surface area contributed by atoms with Crippen molar-refractivity contribution in [3.63, 3.8) is 0 Å². The monoisotopic (exact) mass is 393 g/mol. The minimum Gasteiger partial charge on any atom is -0.393 e. The summed E-state index contributed by atoms with van der Waals surface area (Å²) in [5, 5.41) is 25.7. The molecule has 1 amide bonds. The Bertz CT molecular complexity index is 927.